The average Bonchev–Trinajstić information content (AvgIpc) is 3.29. The Kier molecular flexibility index (Phi) is 7.79. The Morgan fingerprint density at radius 2 is 1.69 bits per heavy atom. The average molecular weight is 412 g/mol. The molecule has 1 saturated carbocycles. The number of aliphatic hydroxyl groups excluding tert-OH is 1. The zero-order valence-corrected chi connectivity index (χ0v) is 18.6. The molecule has 0 saturated heterocycles. The third-order valence-electron chi connectivity index (χ3n) is 6.42. The summed E-state index contributed by atoms with van der Waals surface area (Å²) in [5, 5.41) is 10.8. The maximum atomic E-state index is 13.6. The minimum absolute atomic E-state index is 0.108. The molecule has 1 amide bonds. The number of carbonyl (C=O) groups excluding carboxylic acids is 1. The number of benzene rings is 2. The molecule has 0 aliphatic heterocycles. The predicted molar refractivity (Wildman–Crippen MR) is 121 cm³/mol. The van der Waals surface area contributed by atoms with Crippen LogP contribution in [0.3, 0.4) is 0 Å². The Labute approximate surface area is 179 Å². The highest BCUT2D eigenvalue weighted by Crippen LogP contribution is 2.36. The molecule has 3 rings (SSSR count). The molecule has 29 heavy (non-hydrogen) atoms. The van der Waals surface area contributed by atoms with E-state index >= 15 is 0 Å². The van der Waals surface area contributed by atoms with Crippen molar-refractivity contribution in [3.63, 3.8) is 0 Å². The smallest absolute Gasteiger partial charge is 0.230 e. The minimum Gasteiger partial charge on any atom is -0.386 e. The summed E-state index contributed by atoms with van der Waals surface area (Å²) in [6, 6.07) is 17.7. The van der Waals surface area contributed by atoms with Crippen LogP contribution in [0.2, 0.25) is 0 Å². The fourth-order valence-corrected chi connectivity index (χ4v) is 4.79. The van der Waals surface area contributed by atoms with Gasteiger partial charge >= 0.3 is 0 Å². The first kappa shape index (κ1) is 21.9. The number of hydrogen-bond acceptors (Lipinski definition) is 3. The van der Waals surface area contributed by atoms with E-state index in [1.807, 2.05) is 44.3 Å². The number of thioether (sulfide) groups is 1. The SMILES string of the molecule is CSc1ccc([C@@H](CC2CCCC2)C(=O)N(C)[C@H](C)[C@H](O)c2ccccc2)cc1. The van der Waals surface area contributed by atoms with Gasteiger partial charge in [0, 0.05) is 11.9 Å². The third kappa shape index (κ3) is 5.43. The highest BCUT2D eigenvalue weighted by molar-refractivity contribution is 7.98. The molecular formula is C25H33NO2S. The van der Waals surface area contributed by atoms with Gasteiger partial charge in [0.15, 0.2) is 0 Å². The van der Waals surface area contributed by atoms with E-state index in [0.717, 1.165) is 17.5 Å². The van der Waals surface area contributed by atoms with E-state index < -0.39 is 6.10 Å². The summed E-state index contributed by atoms with van der Waals surface area (Å²) in [6.45, 7) is 1.93. The Morgan fingerprint density at radius 1 is 1.07 bits per heavy atom. The van der Waals surface area contributed by atoms with Crippen LogP contribution in [-0.2, 0) is 4.79 Å². The van der Waals surface area contributed by atoms with E-state index in [1.165, 1.54) is 30.6 Å². The van der Waals surface area contributed by atoms with Gasteiger partial charge in [-0.1, -0.05) is 68.1 Å². The third-order valence-corrected chi connectivity index (χ3v) is 7.16. The number of rotatable bonds is 8. The van der Waals surface area contributed by atoms with Crippen molar-refractivity contribution in [2.75, 3.05) is 13.3 Å². The molecule has 1 aliphatic rings. The summed E-state index contributed by atoms with van der Waals surface area (Å²) in [4.78, 5) is 16.5. The van der Waals surface area contributed by atoms with E-state index in [-0.39, 0.29) is 17.9 Å². The molecule has 0 radical (unpaired) electrons. The second-order valence-electron chi connectivity index (χ2n) is 8.26. The van der Waals surface area contributed by atoms with Crippen LogP contribution in [0, 0.1) is 5.92 Å². The topological polar surface area (TPSA) is 40.5 Å². The van der Waals surface area contributed by atoms with Gasteiger partial charge in [-0.25, -0.2) is 0 Å². The van der Waals surface area contributed by atoms with Crippen LogP contribution in [-0.4, -0.2) is 35.3 Å². The number of hydrogen-bond donors (Lipinski definition) is 1. The number of likely N-dealkylation sites (N-methyl/N-ethyl adjacent to an activating group) is 1. The van der Waals surface area contributed by atoms with Crippen molar-refractivity contribution in [3.05, 3.63) is 65.7 Å². The highest BCUT2D eigenvalue weighted by Gasteiger charge is 2.32. The van der Waals surface area contributed by atoms with Crippen LogP contribution in [0.5, 0.6) is 0 Å². The van der Waals surface area contributed by atoms with Gasteiger partial charge in [-0.05, 0) is 48.8 Å². The predicted octanol–water partition coefficient (Wildman–Crippen LogP) is 5.65. The highest BCUT2D eigenvalue weighted by atomic mass is 32.2. The lowest BCUT2D eigenvalue weighted by Gasteiger charge is -2.33. The van der Waals surface area contributed by atoms with Gasteiger partial charge in [-0.3, -0.25) is 4.79 Å². The van der Waals surface area contributed by atoms with Crippen LogP contribution in [0.25, 0.3) is 0 Å². The number of nitrogens with zero attached hydrogens (tertiary/aromatic N) is 1. The molecule has 2 aromatic carbocycles. The first-order valence-corrected chi connectivity index (χ1v) is 11.9. The second kappa shape index (κ2) is 10.3. The molecule has 0 unspecified atom stereocenters. The lowest BCUT2D eigenvalue weighted by molar-refractivity contribution is -0.136. The minimum atomic E-state index is -0.698. The fraction of sp³-hybridized carbons (Fsp3) is 0.480. The zero-order valence-electron chi connectivity index (χ0n) is 17.8. The second-order valence-corrected chi connectivity index (χ2v) is 9.14. The molecule has 1 N–H and O–H groups in total. The van der Waals surface area contributed by atoms with Crippen molar-refractivity contribution in [2.24, 2.45) is 5.92 Å². The van der Waals surface area contributed by atoms with E-state index in [1.54, 1.807) is 16.7 Å². The molecular weight excluding hydrogens is 378 g/mol. The maximum Gasteiger partial charge on any atom is 0.230 e. The van der Waals surface area contributed by atoms with Gasteiger partial charge in [0.2, 0.25) is 5.91 Å². The van der Waals surface area contributed by atoms with Gasteiger partial charge in [0.25, 0.3) is 0 Å². The van der Waals surface area contributed by atoms with Crippen LogP contribution in [0.4, 0.5) is 0 Å². The normalized spacial score (nSPS) is 17.7. The summed E-state index contributed by atoms with van der Waals surface area (Å²) in [7, 11) is 1.83. The molecule has 0 spiro atoms. The lowest BCUT2D eigenvalue weighted by Crippen LogP contribution is -2.42. The Hall–Kier alpha value is -1.78. The van der Waals surface area contributed by atoms with Gasteiger partial charge < -0.3 is 10.0 Å². The monoisotopic (exact) mass is 411 g/mol. The van der Waals surface area contributed by atoms with E-state index in [4.69, 9.17) is 0 Å². The summed E-state index contributed by atoms with van der Waals surface area (Å²) in [5.74, 6) is 0.577. The summed E-state index contributed by atoms with van der Waals surface area (Å²) in [6.07, 6.45) is 7.26. The van der Waals surface area contributed by atoms with Gasteiger partial charge in [0.1, 0.15) is 0 Å². The molecule has 2 aromatic rings. The van der Waals surface area contributed by atoms with Crippen molar-refractivity contribution in [2.45, 2.75) is 62.0 Å². The van der Waals surface area contributed by atoms with Crippen molar-refractivity contribution in [3.8, 4) is 0 Å². The maximum absolute atomic E-state index is 13.6. The van der Waals surface area contributed by atoms with Crippen LogP contribution >= 0.6 is 11.8 Å². The van der Waals surface area contributed by atoms with Crippen LogP contribution in [0.15, 0.2) is 59.5 Å². The van der Waals surface area contributed by atoms with E-state index in [2.05, 4.69) is 30.5 Å². The van der Waals surface area contributed by atoms with Crippen molar-refractivity contribution in [1.82, 2.24) is 4.90 Å². The largest absolute Gasteiger partial charge is 0.386 e. The summed E-state index contributed by atoms with van der Waals surface area (Å²) < 4.78 is 0. The van der Waals surface area contributed by atoms with Gasteiger partial charge in [0.05, 0.1) is 18.1 Å². The van der Waals surface area contributed by atoms with Crippen molar-refractivity contribution in [1.29, 1.82) is 0 Å². The number of amides is 1. The molecule has 156 valence electrons. The van der Waals surface area contributed by atoms with Crippen molar-refractivity contribution >= 4 is 17.7 Å². The molecule has 3 atom stereocenters. The molecule has 0 aromatic heterocycles. The van der Waals surface area contributed by atoms with Crippen LogP contribution in [0.1, 0.15) is 62.2 Å². The first-order chi connectivity index (χ1) is 14.0. The Balaban J connectivity index is 1.80. The number of aliphatic hydroxyl groups is 1. The number of carbonyl (C=O) groups is 1. The molecule has 1 aliphatic carbocycles. The molecule has 4 heteroatoms. The van der Waals surface area contributed by atoms with Gasteiger partial charge in [-0.2, -0.15) is 0 Å². The van der Waals surface area contributed by atoms with Crippen LogP contribution < -0.4 is 0 Å². The molecule has 1 fully saturated rings. The van der Waals surface area contributed by atoms with E-state index in [0.29, 0.717) is 5.92 Å². The zero-order chi connectivity index (χ0) is 20.8. The first-order valence-electron chi connectivity index (χ1n) is 10.6. The standard InChI is InChI=1S/C25H33NO2S/c1-18(24(27)21-11-5-4-6-12-21)26(2)25(28)23(17-19-9-7-8-10-19)20-13-15-22(29-3)16-14-20/h4-6,11-16,18-19,23-24,27H,7-10,17H2,1-3H3/t18-,23-,24+/m1/s1. The summed E-state index contributed by atoms with van der Waals surface area (Å²) in [5.41, 5.74) is 1.93. The molecule has 3 nitrogen and oxygen atoms in total. The molecule has 0 bridgehead atoms. The Bertz CT molecular complexity index is 771. The molecule has 0 heterocycles. The fourth-order valence-electron chi connectivity index (χ4n) is 4.38. The quantitative estimate of drug-likeness (QED) is 0.570. The van der Waals surface area contributed by atoms with Gasteiger partial charge in [-0.15, -0.1) is 11.8 Å². The van der Waals surface area contributed by atoms with Crippen molar-refractivity contribution < 1.29 is 9.90 Å². The summed E-state index contributed by atoms with van der Waals surface area (Å²) >= 11 is 1.71. The lowest BCUT2D eigenvalue weighted by atomic mass is 9.86. The Morgan fingerprint density at radius 3 is 2.28 bits per heavy atom. The van der Waals surface area contributed by atoms with E-state index in [9.17, 15) is 9.90 Å².